The predicted octanol–water partition coefficient (Wildman–Crippen LogP) is 6.32. The lowest BCUT2D eigenvalue weighted by atomic mass is 10.2. The van der Waals surface area contributed by atoms with E-state index in [1.54, 1.807) is 12.3 Å². The zero-order valence-corrected chi connectivity index (χ0v) is 21.3. The van der Waals surface area contributed by atoms with Crippen LogP contribution in [-0.4, -0.2) is 22.6 Å². The first-order valence-electron chi connectivity index (χ1n) is 10.6. The van der Waals surface area contributed by atoms with Gasteiger partial charge in [0.2, 0.25) is 5.91 Å². The third kappa shape index (κ3) is 5.06. The first-order chi connectivity index (χ1) is 17.0. The van der Waals surface area contributed by atoms with Gasteiger partial charge in [-0.1, -0.05) is 52.3 Å². The number of anilines is 1. The topological polar surface area (TPSA) is 88.6 Å². The summed E-state index contributed by atoms with van der Waals surface area (Å²) < 4.78 is 9.15. The second kappa shape index (κ2) is 9.89. The number of para-hydroxylation sites is 2. The molecule has 5 rings (SSSR count). The highest BCUT2D eigenvalue weighted by atomic mass is 79.9. The van der Waals surface area contributed by atoms with E-state index in [4.69, 9.17) is 4.42 Å². The van der Waals surface area contributed by atoms with Crippen LogP contribution in [0.1, 0.15) is 16.1 Å². The fraction of sp³-hybridized carbons (Fsp3) is 0.0385. The molecule has 0 aliphatic rings. The maximum absolute atomic E-state index is 12.6. The number of hydrogen-bond acceptors (Lipinski definition) is 4. The highest BCUT2D eigenvalue weighted by molar-refractivity contribution is 9.11. The zero-order valence-electron chi connectivity index (χ0n) is 18.2. The quantitative estimate of drug-likeness (QED) is 0.178. The second-order valence-corrected chi connectivity index (χ2v) is 9.53. The van der Waals surface area contributed by atoms with Crippen LogP contribution in [0, 0.1) is 0 Å². The summed E-state index contributed by atoms with van der Waals surface area (Å²) in [7, 11) is 0. The molecule has 0 unspecified atom stereocenters. The van der Waals surface area contributed by atoms with Gasteiger partial charge in [0, 0.05) is 38.2 Å². The van der Waals surface area contributed by atoms with E-state index in [2.05, 4.69) is 47.7 Å². The van der Waals surface area contributed by atoms with Gasteiger partial charge in [-0.25, -0.2) is 5.43 Å². The van der Waals surface area contributed by atoms with Crippen LogP contribution < -0.4 is 10.7 Å². The van der Waals surface area contributed by atoms with Crippen molar-refractivity contribution in [1.29, 1.82) is 0 Å². The maximum Gasteiger partial charge on any atom is 0.307 e. The van der Waals surface area contributed by atoms with Crippen molar-refractivity contribution in [2.24, 2.45) is 5.10 Å². The second-order valence-electron chi connectivity index (χ2n) is 7.76. The minimum absolute atomic E-state index is 0.138. The van der Waals surface area contributed by atoms with Gasteiger partial charge in [-0.2, -0.15) is 5.10 Å². The number of benzene rings is 3. The zero-order chi connectivity index (χ0) is 24.4. The summed E-state index contributed by atoms with van der Waals surface area (Å²) in [6, 6.07) is 22.4. The standard InChI is InChI=1S/C26H18Br2N4O3/c27-18-10-16-11-23(35-25(16)21(28)12-18)26(34)31-29-13-17-14-32(22-9-5-4-8-20(17)22)15-24(33)30-19-6-2-1-3-7-19/h1-14H,15H2,(H,30,33)(H,31,34)/b29-13-. The Bertz CT molecular complexity index is 1590. The number of aromatic nitrogens is 1. The van der Waals surface area contributed by atoms with Gasteiger partial charge < -0.3 is 14.3 Å². The molecule has 35 heavy (non-hydrogen) atoms. The van der Waals surface area contributed by atoms with E-state index in [0.717, 1.165) is 36.5 Å². The van der Waals surface area contributed by atoms with E-state index in [1.165, 1.54) is 0 Å². The van der Waals surface area contributed by atoms with Crippen molar-refractivity contribution < 1.29 is 14.0 Å². The van der Waals surface area contributed by atoms with Crippen molar-refractivity contribution in [2.75, 3.05) is 5.32 Å². The molecule has 0 aliphatic heterocycles. The van der Waals surface area contributed by atoms with Crippen LogP contribution in [0.15, 0.2) is 97.5 Å². The van der Waals surface area contributed by atoms with Crippen LogP contribution >= 0.6 is 31.9 Å². The number of amides is 2. The number of nitrogens with one attached hydrogen (secondary N) is 2. The number of rotatable bonds is 6. The number of carbonyl (C=O) groups is 2. The third-order valence-corrected chi connectivity index (χ3v) is 6.37. The Kier molecular flexibility index (Phi) is 6.52. The Morgan fingerprint density at radius 2 is 1.77 bits per heavy atom. The minimum Gasteiger partial charge on any atom is -0.450 e. The van der Waals surface area contributed by atoms with Gasteiger partial charge in [-0.3, -0.25) is 9.59 Å². The van der Waals surface area contributed by atoms with Gasteiger partial charge >= 0.3 is 5.91 Å². The third-order valence-electron chi connectivity index (χ3n) is 5.32. The fourth-order valence-corrected chi connectivity index (χ4v) is 5.13. The molecular weight excluding hydrogens is 576 g/mol. The summed E-state index contributed by atoms with van der Waals surface area (Å²) in [6.07, 6.45) is 3.39. The first kappa shape index (κ1) is 23.1. The van der Waals surface area contributed by atoms with Gasteiger partial charge in [-0.15, -0.1) is 0 Å². The van der Waals surface area contributed by atoms with E-state index < -0.39 is 5.91 Å². The molecule has 174 valence electrons. The van der Waals surface area contributed by atoms with Crippen molar-refractivity contribution in [3.8, 4) is 0 Å². The monoisotopic (exact) mass is 592 g/mol. The van der Waals surface area contributed by atoms with Gasteiger partial charge in [0.1, 0.15) is 12.1 Å². The first-order valence-corrected chi connectivity index (χ1v) is 12.2. The minimum atomic E-state index is -0.466. The molecule has 0 saturated carbocycles. The summed E-state index contributed by atoms with van der Waals surface area (Å²) in [5, 5.41) is 8.71. The fourth-order valence-electron chi connectivity index (χ4n) is 3.79. The van der Waals surface area contributed by atoms with Gasteiger partial charge in [0.15, 0.2) is 5.76 Å². The largest absolute Gasteiger partial charge is 0.450 e. The average Bonchev–Trinajstić information content (AvgIpc) is 3.42. The van der Waals surface area contributed by atoms with E-state index in [1.807, 2.05) is 77.5 Å². The average molecular weight is 594 g/mol. The Morgan fingerprint density at radius 3 is 2.60 bits per heavy atom. The Morgan fingerprint density at radius 1 is 1.00 bits per heavy atom. The summed E-state index contributed by atoms with van der Waals surface area (Å²) >= 11 is 6.87. The Hall–Kier alpha value is -3.69. The molecule has 2 heterocycles. The van der Waals surface area contributed by atoms with Crippen LogP contribution in [0.25, 0.3) is 21.9 Å². The molecule has 7 nitrogen and oxygen atoms in total. The molecule has 2 amide bonds. The molecule has 0 bridgehead atoms. The number of hydrazone groups is 1. The lowest BCUT2D eigenvalue weighted by Crippen LogP contribution is -2.18. The van der Waals surface area contributed by atoms with Gasteiger partial charge in [-0.05, 0) is 52.3 Å². The molecule has 2 aromatic heterocycles. The molecule has 0 atom stereocenters. The highest BCUT2D eigenvalue weighted by Crippen LogP contribution is 2.31. The number of halogens is 2. The van der Waals surface area contributed by atoms with Crippen LogP contribution in [0.4, 0.5) is 5.69 Å². The van der Waals surface area contributed by atoms with Crippen LogP contribution in [-0.2, 0) is 11.3 Å². The van der Waals surface area contributed by atoms with E-state index in [0.29, 0.717) is 5.58 Å². The van der Waals surface area contributed by atoms with E-state index in [-0.39, 0.29) is 18.2 Å². The number of nitrogens with zero attached hydrogens (tertiary/aromatic N) is 2. The smallest absolute Gasteiger partial charge is 0.307 e. The molecule has 5 aromatic rings. The van der Waals surface area contributed by atoms with Crippen molar-refractivity contribution >= 4 is 77.4 Å². The molecule has 0 spiro atoms. The van der Waals surface area contributed by atoms with Crippen LogP contribution in [0.5, 0.6) is 0 Å². The Labute approximate surface area is 217 Å². The highest BCUT2D eigenvalue weighted by Gasteiger charge is 2.15. The predicted molar refractivity (Wildman–Crippen MR) is 144 cm³/mol. The van der Waals surface area contributed by atoms with Gasteiger partial charge in [0.25, 0.3) is 0 Å². The van der Waals surface area contributed by atoms with Crippen molar-refractivity contribution in [2.45, 2.75) is 6.54 Å². The Balaban J connectivity index is 1.33. The summed E-state index contributed by atoms with van der Waals surface area (Å²) in [6.45, 7) is 0.138. The molecule has 0 radical (unpaired) electrons. The summed E-state index contributed by atoms with van der Waals surface area (Å²) in [4.78, 5) is 25.2. The summed E-state index contributed by atoms with van der Waals surface area (Å²) in [5.41, 5.74) is 5.49. The van der Waals surface area contributed by atoms with Crippen molar-refractivity contribution in [3.05, 3.63) is 99.3 Å². The molecule has 0 saturated heterocycles. The molecular formula is C26H18Br2N4O3. The van der Waals surface area contributed by atoms with E-state index >= 15 is 0 Å². The van der Waals surface area contributed by atoms with Crippen LogP contribution in [0.2, 0.25) is 0 Å². The maximum atomic E-state index is 12.6. The number of carbonyl (C=O) groups excluding carboxylic acids is 2. The van der Waals surface area contributed by atoms with Gasteiger partial charge in [0.05, 0.1) is 10.7 Å². The lowest BCUT2D eigenvalue weighted by molar-refractivity contribution is -0.116. The number of furan rings is 1. The molecule has 0 aliphatic carbocycles. The van der Waals surface area contributed by atoms with E-state index in [9.17, 15) is 9.59 Å². The molecule has 0 fully saturated rings. The lowest BCUT2D eigenvalue weighted by Gasteiger charge is -2.07. The van der Waals surface area contributed by atoms with Crippen molar-refractivity contribution in [3.63, 3.8) is 0 Å². The molecule has 3 aromatic carbocycles. The number of hydrogen-bond donors (Lipinski definition) is 2. The van der Waals surface area contributed by atoms with Crippen LogP contribution in [0.3, 0.4) is 0 Å². The normalized spacial score (nSPS) is 11.4. The summed E-state index contributed by atoms with van der Waals surface area (Å²) in [5.74, 6) is -0.459. The SMILES string of the molecule is O=C(Cn1cc(/C=N\NC(=O)c2cc3cc(Br)cc(Br)c3o2)c2ccccc21)Nc1ccccc1. The van der Waals surface area contributed by atoms with Crippen molar-refractivity contribution in [1.82, 2.24) is 9.99 Å². The molecule has 9 heteroatoms. The number of fused-ring (bicyclic) bond motifs is 2. The molecule has 2 N–H and O–H groups in total.